The van der Waals surface area contributed by atoms with Crippen molar-refractivity contribution in [3.05, 3.63) is 52.5 Å². The van der Waals surface area contributed by atoms with Crippen LogP contribution in [0.2, 0.25) is 0 Å². The Labute approximate surface area is 190 Å². The fourth-order valence-electron chi connectivity index (χ4n) is 3.03. The first-order valence-corrected chi connectivity index (χ1v) is 10.8. The zero-order valence-electron chi connectivity index (χ0n) is 17.7. The number of aliphatic imine (C=N–C) groups is 1. The SMILES string of the molecule is COc1cc(OC)cc(C(=O)NC(=NCCN2CCOCC2)Nc2ccc(Br)cc2)c1. The van der Waals surface area contributed by atoms with Crippen LogP contribution in [0.4, 0.5) is 5.69 Å². The first-order valence-electron chi connectivity index (χ1n) is 9.99. The molecule has 0 bridgehead atoms. The minimum Gasteiger partial charge on any atom is -0.497 e. The van der Waals surface area contributed by atoms with E-state index in [0.29, 0.717) is 29.6 Å². The molecule has 8 nitrogen and oxygen atoms in total. The second-order valence-corrected chi connectivity index (χ2v) is 7.79. The highest BCUT2D eigenvalue weighted by Crippen LogP contribution is 2.22. The number of halogens is 1. The van der Waals surface area contributed by atoms with Crippen LogP contribution in [0.3, 0.4) is 0 Å². The third-order valence-corrected chi connectivity index (χ3v) is 5.27. The number of nitrogens with one attached hydrogen (secondary N) is 2. The maximum absolute atomic E-state index is 12.9. The highest BCUT2D eigenvalue weighted by molar-refractivity contribution is 9.10. The largest absolute Gasteiger partial charge is 0.497 e. The van der Waals surface area contributed by atoms with Gasteiger partial charge in [-0.3, -0.25) is 20.0 Å². The van der Waals surface area contributed by atoms with Gasteiger partial charge in [0.15, 0.2) is 0 Å². The lowest BCUT2D eigenvalue weighted by Crippen LogP contribution is -2.39. The van der Waals surface area contributed by atoms with Crippen molar-refractivity contribution < 1.29 is 19.0 Å². The number of methoxy groups -OCH3 is 2. The Morgan fingerprint density at radius 3 is 2.35 bits per heavy atom. The number of rotatable bonds is 7. The summed E-state index contributed by atoms with van der Waals surface area (Å²) in [6, 6.07) is 12.7. The van der Waals surface area contributed by atoms with Crippen molar-refractivity contribution in [1.82, 2.24) is 10.2 Å². The zero-order valence-corrected chi connectivity index (χ0v) is 19.3. The molecule has 0 radical (unpaired) electrons. The molecule has 0 aliphatic carbocycles. The first-order chi connectivity index (χ1) is 15.1. The average molecular weight is 491 g/mol. The molecule has 1 aliphatic heterocycles. The van der Waals surface area contributed by atoms with Crippen LogP contribution in [0.15, 0.2) is 51.9 Å². The Morgan fingerprint density at radius 1 is 1.10 bits per heavy atom. The molecule has 1 aliphatic rings. The molecule has 1 heterocycles. The number of hydrogen-bond donors (Lipinski definition) is 2. The molecule has 0 saturated carbocycles. The van der Waals surface area contributed by atoms with Gasteiger partial charge in [-0.2, -0.15) is 0 Å². The molecule has 166 valence electrons. The van der Waals surface area contributed by atoms with Gasteiger partial charge >= 0.3 is 0 Å². The number of guanidine groups is 1. The van der Waals surface area contributed by atoms with Crippen LogP contribution in [0, 0.1) is 0 Å². The van der Waals surface area contributed by atoms with Crippen molar-refractivity contribution in [3.8, 4) is 11.5 Å². The fraction of sp³-hybridized carbons (Fsp3) is 0.364. The third-order valence-electron chi connectivity index (χ3n) is 4.74. The van der Waals surface area contributed by atoms with E-state index in [1.54, 1.807) is 32.4 Å². The summed E-state index contributed by atoms with van der Waals surface area (Å²) >= 11 is 3.43. The Balaban J connectivity index is 1.73. The summed E-state index contributed by atoms with van der Waals surface area (Å²) in [7, 11) is 3.09. The Hall–Kier alpha value is -2.62. The van der Waals surface area contributed by atoms with Crippen LogP contribution in [-0.2, 0) is 4.74 Å². The number of hydrogen-bond acceptors (Lipinski definition) is 6. The normalized spacial score (nSPS) is 14.7. The molecule has 1 saturated heterocycles. The van der Waals surface area contributed by atoms with Crippen LogP contribution in [0.5, 0.6) is 11.5 Å². The summed E-state index contributed by atoms with van der Waals surface area (Å²) in [4.78, 5) is 19.8. The van der Waals surface area contributed by atoms with Crippen LogP contribution < -0.4 is 20.1 Å². The predicted octanol–water partition coefficient (Wildman–Crippen LogP) is 3.00. The molecule has 3 rings (SSSR count). The van der Waals surface area contributed by atoms with E-state index >= 15 is 0 Å². The van der Waals surface area contributed by atoms with Crippen LogP contribution in [-0.4, -0.2) is 70.4 Å². The second-order valence-electron chi connectivity index (χ2n) is 6.87. The number of carbonyl (C=O) groups excluding carboxylic acids is 1. The van der Waals surface area contributed by atoms with Gasteiger partial charge in [0.05, 0.1) is 34.0 Å². The van der Waals surface area contributed by atoms with Crippen molar-refractivity contribution >= 4 is 33.5 Å². The highest BCUT2D eigenvalue weighted by Gasteiger charge is 2.14. The van der Waals surface area contributed by atoms with Gasteiger partial charge in [0.25, 0.3) is 5.91 Å². The van der Waals surface area contributed by atoms with E-state index in [1.165, 1.54) is 0 Å². The maximum Gasteiger partial charge on any atom is 0.258 e. The summed E-state index contributed by atoms with van der Waals surface area (Å²) in [5.74, 6) is 1.14. The molecule has 2 aromatic rings. The molecule has 9 heteroatoms. The van der Waals surface area contributed by atoms with E-state index < -0.39 is 0 Å². The number of carbonyl (C=O) groups is 1. The molecule has 31 heavy (non-hydrogen) atoms. The van der Waals surface area contributed by atoms with E-state index in [4.69, 9.17) is 14.2 Å². The fourth-order valence-corrected chi connectivity index (χ4v) is 3.29. The second kappa shape index (κ2) is 11.7. The van der Waals surface area contributed by atoms with E-state index in [-0.39, 0.29) is 5.91 Å². The summed E-state index contributed by atoms with van der Waals surface area (Å²) < 4.78 is 16.9. The molecule has 0 aromatic heterocycles. The first kappa shape index (κ1) is 23.1. The van der Waals surface area contributed by atoms with Gasteiger partial charge in [-0.15, -0.1) is 0 Å². The topological polar surface area (TPSA) is 84.4 Å². The van der Waals surface area contributed by atoms with Crippen molar-refractivity contribution in [3.63, 3.8) is 0 Å². The van der Waals surface area contributed by atoms with Crippen LogP contribution in [0.1, 0.15) is 10.4 Å². The molecule has 2 aromatic carbocycles. The third kappa shape index (κ3) is 7.23. The van der Waals surface area contributed by atoms with Crippen molar-refractivity contribution in [1.29, 1.82) is 0 Å². The molecular weight excluding hydrogens is 464 g/mol. The minimum absolute atomic E-state index is 0.313. The van der Waals surface area contributed by atoms with Gasteiger partial charge in [0.1, 0.15) is 11.5 Å². The van der Waals surface area contributed by atoms with Gasteiger partial charge in [0, 0.05) is 41.4 Å². The Kier molecular flexibility index (Phi) is 8.69. The van der Waals surface area contributed by atoms with E-state index in [1.807, 2.05) is 24.3 Å². The summed E-state index contributed by atoms with van der Waals surface area (Å²) in [5.41, 5.74) is 1.23. The van der Waals surface area contributed by atoms with Gasteiger partial charge < -0.3 is 19.5 Å². The quantitative estimate of drug-likeness (QED) is 0.458. The number of morpholine rings is 1. The van der Waals surface area contributed by atoms with E-state index in [2.05, 4.69) is 36.5 Å². The number of nitrogens with zero attached hydrogens (tertiary/aromatic N) is 2. The van der Waals surface area contributed by atoms with E-state index in [0.717, 1.165) is 43.0 Å². The standard InChI is InChI=1S/C22H27BrN4O4/c1-29-19-13-16(14-20(15-19)30-2)21(28)26-22(25-18-5-3-17(23)4-6-18)24-7-8-27-9-11-31-12-10-27/h3-6,13-15H,7-12H2,1-2H3,(H2,24,25,26,28). The van der Waals surface area contributed by atoms with Crippen molar-refractivity contribution in [2.75, 3.05) is 58.9 Å². The van der Waals surface area contributed by atoms with Gasteiger partial charge in [0.2, 0.25) is 5.96 Å². The molecular formula is C22H27BrN4O4. The molecule has 0 atom stereocenters. The molecule has 0 spiro atoms. The van der Waals surface area contributed by atoms with Crippen molar-refractivity contribution in [2.45, 2.75) is 0 Å². The smallest absolute Gasteiger partial charge is 0.258 e. The number of anilines is 1. The van der Waals surface area contributed by atoms with Gasteiger partial charge in [-0.25, -0.2) is 0 Å². The van der Waals surface area contributed by atoms with Gasteiger partial charge in [-0.1, -0.05) is 15.9 Å². The number of amides is 1. The zero-order chi connectivity index (χ0) is 22.1. The summed E-state index contributed by atoms with van der Waals surface area (Å²) in [6.45, 7) is 4.59. The van der Waals surface area contributed by atoms with Crippen molar-refractivity contribution in [2.24, 2.45) is 4.99 Å². The lowest BCUT2D eigenvalue weighted by Gasteiger charge is -2.25. The highest BCUT2D eigenvalue weighted by atomic mass is 79.9. The Morgan fingerprint density at radius 2 is 1.74 bits per heavy atom. The summed E-state index contributed by atoms with van der Waals surface area (Å²) in [6.07, 6.45) is 0. The maximum atomic E-state index is 12.9. The lowest BCUT2D eigenvalue weighted by atomic mass is 10.2. The lowest BCUT2D eigenvalue weighted by molar-refractivity contribution is 0.0394. The number of ether oxygens (including phenoxy) is 3. The summed E-state index contributed by atoms with van der Waals surface area (Å²) in [5, 5.41) is 6.06. The minimum atomic E-state index is -0.313. The van der Waals surface area contributed by atoms with Crippen LogP contribution >= 0.6 is 15.9 Å². The molecule has 2 N–H and O–H groups in total. The van der Waals surface area contributed by atoms with Crippen LogP contribution in [0.25, 0.3) is 0 Å². The monoisotopic (exact) mass is 490 g/mol. The molecule has 0 unspecified atom stereocenters. The number of benzene rings is 2. The molecule has 1 amide bonds. The van der Waals surface area contributed by atoms with Gasteiger partial charge in [-0.05, 0) is 36.4 Å². The van der Waals surface area contributed by atoms with E-state index in [9.17, 15) is 4.79 Å². The molecule has 1 fully saturated rings. The Bertz CT molecular complexity index is 877. The average Bonchev–Trinajstić information content (AvgIpc) is 2.80. The predicted molar refractivity (Wildman–Crippen MR) is 124 cm³/mol.